The summed E-state index contributed by atoms with van der Waals surface area (Å²) in [5.41, 5.74) is 0.631. The minimum absolute atomic E-state index is 0.153. The normalized spacial score (nSPS) is 10.7. The van der Waals surface area contributed by atoms with E-state index in [9.17, 15) is 13.2 Å². The van der Waals surface area contributed by atoms with Crippen molar-refractivity contribution in [3.8, 4) is 0 Å². The van der Waals surface area contributed by atoms with Crippen molar-refractivity contribution in [3.63, 3.8) is 0 Å². The second-order valence-electron chi connectivity index (χ2n) is 3.69. The monoisotopic (exact) mass is 275 g/mol. The summed E-state index contributed by atoms with van der Waals surface area (Å²) in [7, 11) is -3.67. The fourth-order valence-corrected chi connectivity index (χ4v) is 2.64. The van der Waals surface area contributed by atoms with E-state index < -0.39 is 10.0 Å². The van der Waals surface area contributed by atoms with Crippen LogP contribution < -0.4 is 10.0 Å². The molecule has 0 heterocycles. The summed E-state index contributed by atoms with van der Waals surface area (Å²) in [6.07, 6.45) is 1.52. The molecule has 0 aliphatic heterocycles. The summed E-state index contributed by atoms with van der Waals surface area (Å²) < 4.78 is 26.7. The molecule has 2 rings (SSSR count). The molecule has 6 heteroatoms. The number of hydrogen-bond acceptors (Lipinski definition) is 3. The highest BCUT2D eigenvalue weighted by atomic mass is 32.2. The topological polar surface area (TPSA) is 75.3 Å². The third kappa shape index (κ3) is 3.11. The molecule has 0 fully saturated rings. The van der Waals surface area contributed by atoms with E-state index in [0.29, 0.717) is 5.69 Å². The van der Waals surface area contributed by atoms with E-state index in [4.69, 9.17) is 0 Å². The maximum Gasteiger partial charge on any atom is 0.314 e. The predicted molar refractivity (Wildman–Crippen MR) is 73.0 cm³/mol. The molecule has 0 aromatic heterocycles. The Morgan fingerprint density at radius 1 is 0.842 bits per heavy atom. The predicted octanol–water partition coefficient (Wildman–Crippen LogP) is 1.97. The summed E-state index contributed by atoms with van der Waals surface area (Å²) in [6.45, 7) is 0. The number of nitrogens with one attached hydrogen (secondary N) is 2. The van der Waals surface area contributed by atoms with Gasteiger partial charge in [-0.05, 0) is 24.3 Å². The third-order valence-corrected chi connectivity index (χ3v) is 3.79. The van der Waals surface area contributed by atoms with Crippen LogP contribution in [0.3, 0.4) is 0 Å². The maximum atomic E-state index is 12.1. The molecular formula is C13H11N2O3S. The maximum absolute atomic E-state index is 12.1. The molecule has 0 spiro atoms. The van der Waals surface area contributed by atoms with Crippen molar-refractivity contribution in [2.75, 3.05) is 10.0 Å². The van der Waals surface area contributed by atoms with Crippen LogP contribution in [0.2, 0.25) is 0 Å². The van der Waals surface area contributed by atoms with Gasteiger partial charge in [0.1, 0.15) is 0 Å². The van der Waals surface area contributed by atoms with Gasteiger partial charge in [0.2, 0.25) is 0 Å². The molecule has 2 aromatic carbocycles. The fourth-order valence-electron chi connectivity index (χ4n) is 1.54. The number of hydrogen-bond donors (Lipinski definition) is 2. The van der Waals surface area contributed by atoms with E-state index in [-0.39, 0.29) is 10.6 Å². The van der Waals surface area contributed by atoms with Crippen LogP contribution in [-0.4, -0.2) is 14.8 Å². The zero-order valence-corrected chi connectivity index (χ0v) is 10.6. The van der Waals surface area contributed by atoms with E-state index in [2.05, 4.69) is 10.0 Å². The van der Waals surface area contributed by atoms with Gasteiger partial charge in [0, 0.05) is 0 Å². The lowest BCUT2D eigenvalue weighted by atomic mass is 10.3. The average Bonchev–Trinajstić information content (AvgIpc) is 2.42. The SMILES string of the molecule is O=[C]Nc1ccccc1NS(=O)(=O)c1ccccc1. The van der Waals surface area contributed by atoms with E-state index >= 15 is 0 Å². The fraction of sp³-hybridized carbons (Fsp3) is 0. The van der Waals surface area contributed by atoms with Crippen molar-refractivity contribution in [2.45, 2.75) is 4.90 Å². The summed E-state index contributed by atoms with van der Waals surface area (Å²) in [5.74, 6) is 0. The van der Waals surface area contributed by atoms with Crippen LogP contribution in [0.15, 0.2) is 59.5 Å². The van der Waals surface area contributed by atoms with Crippen molar-refractivity contribution in [1.82, 2.24) is 0 Å². The quantitative estimate of drug-likeness (QED) is 0.819. The molecule has 0 saturated heterocycles. The Morgan fingerprint density at radius 3 is 2.05 bits per heavy atom. The Kier molecular flexibility index (Phi) is 3.82. The molecule has 2 N–H and O–H groups in total. The lowest BCUT2D eigenvalue weighted by Gasteiger charge is -2.11. The number of anilines is 2. The molecule has 5 nitrogen and oxygen atoms in total. The Bertz CT molecular complexity index is 669. The van der Waals surface area contributed by atoms with Crippen molar-refractivity contribution in [1.29, 1.82) is 0 Å². The van der Waals surface area contributed by atoms with E-state index in [1.165, 1.54) is 18.5 Å². The first-order valence-electron chi connectivity index (χ1n) is 5.43. The molecule has 0 unspecified atom stereocenters. The first-order valence-corrected chi connectivity index (χ1v) is 6.92. The standard InChI is InChI=1S/C13H11N2O3S/c16-10-14-12-8-4-5-9-13(12)15-19(17,18)11-6-2-1-3-7-11/h1-9,15H,(H,14,16). The smallest absolute Gasteiger partial charge is 0.314 e. The summed E-state index contributed by atoms with van der Waals surface area (Å²) >= 11 is 0. The summed E-state index contributed by atoms with van der Waals surface area (Å²) in [4.78, 5) is 10.5. The zero-order valence-electron chi connectivity index (χ0n) is 9.83. The van der Waals surface area contributed by atoms with E-state index in [1.54, 1.807) is 42.5 Å². The van der Waals surface area contributed by atoms with Gasteiger partial charge in [-0.1, -0.05) is 30.3 Å². The van der Waals surface area contributed by atoms with Gasteiger partial charge >= 0.3 is 6.41 Å². The Hall–Kier alpha value is -2.34. The minimum atomic E-state index is -3.67. The van der Waals surface area contributed by atoms with Crippen molar-refractivity contribution >= 4 is 27.8 Å². The van der Waals surface area contributed by atoms with Crippen molar-refractivity contribution in [2.24, 2.45) is 0 Å². The Balaban J connectivity index is 2.33. The number of rotatable bonds is 5. The van der Waals surface area contributed by atoms with E-state index in [1.807, 2.05) is 0 Å². The van der Waals surface area contributed by atoms with Gasteiger partial charge in [-0.15, -0.1) is 0 Å². The first kappa shape index (κ1) is 13.1. The second kappa shape index (κ2) is 5.53. The number of carbonyl (C=O) groups excluding carboxylic acids is 1. The Morgan fingerprint density at radius 2 is 1.42 bits per heavy atom. The first-order chi connectivity index (χ1) is 9.13. The Labute approximate surface area is 111 Å². The molecule has 0 aliphatic rings. The molecule has 1 radical (unpaired) electrons. The lowest BCUT2D eigenvalue weighted by Crippen LogP contribution is -2.14. The van der Waals surface area contributed by atoms with Crippen molar-refractivity contribution < 1.29 is 13.2 Å². The molecule has 0 saturated carbocycles. The molecule has 19 heavy (non-hydrogen) atoms. The highest BCUT2D eigenvalue weighted by Gasteiger charge is 2.15. The van der Waals surface area contributed by atoms with Gasteiger partial charge < -0.3 is 5.32 Å². The molecular weight excluding hydrogens is 264 g/mol. The van der Waals surface area contributed by atoms with Gasteiger partial charge in [-0.25, -0.2) is 8.42 Å². The van der Waals surface area contributed by atoms with Gasteiger partial charge in [-0.2, -0.15) is 0 Å². The third-order valence-electron chi connectivity index (χ3n) is 2.41. The van der Waals surface area contributed by atoms with Crippen LogP contribution in [0, 0.1) is 0 Å². The molecule has 0 atom stereocenters. The van der Waals surface area contributed by atoms with Crippen LogP contribution in [0.5, 0.6) is 0 Å². The highest BCUT2D eigenvalue weighted by Crippen LogP contribution is 2.23. The van der Waals surface area contributed by atoms with Gasteiger partial charge in [0.15, 0.2) is 0 Å². The zero-order chi connectivity index (χ0) is 13.7. The molecule has 0 bridgehead atoms. The number of amides is 1. The van der Waals surface area contributed by atoms with Gasteiger partial charge in [0.05, 0.1) is 16.3 Å². The number of sulfonamides is 1. The largest absolute Gasteiger partial charge is 0.316 e. The number of benzene rings is 2. The van der Waals surface area contributed by atoms with Crippen molar-refractivity contribution in [3.05, 3.63) is 54.6 Å². The van der Waals surface area contributed by atoms with Crippen LogP contribution in [0.25, 0.3) is 0 Å². The van der Waals surface area contributed by atoms with Crippen LogP contribution in [-0.2, 0) is 14.8 Å². The van der Waals surface area contributed by atoms with Gasteiger partial charge in [-0.3, -0.25) is 9.52 Å². The minimum Gasteiger partial charge on any atom is -0.316 e. The summed E-state index contributed by atoms with van der Waals surface area (Å²) in [6, 6.07) is 14.5. The van der Waals surface area contributed by atoms with Gasteiger partial charge in [0.25, 0.3) is 10.0 Å². The molecule has 0 aliphatic carbocycles. The lowest BCUT2D eigenvalue weighted by molar-refractivity contribution is 0.561. The van der Waals surface area contributed by atoms with Crippen LogP contribution in [0.1, 0.15) is 0 Å². The highest BCUT2D eigenvalue weighted by molar-refractivity contribution is 7.92. The summed E-state index contributed by atoms with van der Waals surface area (Å²) in [5, 5.41) is 2.32. The number of para-hydroxylation sites is 2. The molecule has 1 amide bonds. The van der Waals surface area contributed by atoms with Crippen LogP contribution >= 0.6 is 0 Å². The van der Waals surface area contributed by atoms with Crippen LogP contribution in [0.4, 0.5) is 11.4 Å². The molecule has 97 valence electrons. The second-order valence-corrected chi connectivity index (χ2v) is 5.37. The van der Waals surface area contributed by atoms with E-state index in [0.717, 1.165) is 0 Å². The molecule has 2 aromatic rings. The average molecular weight is 275 g/mol.